The SMILES string of the molecule is CC(=O)c1cccc(NC(=O)c2ccccc2[N+](=O)[O-])c1O. The zero-order valence-corrected chi connectivity index (χ0v) is 11.6. The quantitative estimate of drug-likeness (QED) is 0.390. The van der Waals surface area contributed by atoms with Crippen molar-refractivity contribution in [2.75, 3.05) is 5.32 Å². The summed E-state index contributed by atoms with van der Waals surface area (Å²) in [4.78, 5) is 33.8. The van der Waals surface area contributed by atoms with Crippen LogP contribution in [0.25, 0.3) is 0 Å². The molecule has 0 heterocycles. The lowest BCUT2D eigenvalue weighted by Gasteiger charge is -2.09. The number of Topliss-reactive ketones (excluding diaryl/α,β-unsaturated/α-hetero) is 1. The monoisotopic (exact) mass is 300 g/mol. The summed E-state index contributed by atoms with van der Waals surface area (Å²) >= 11 is 0. The molecular weight excluding hydrogens is 288 g/mol. The number of amides is 1. The van der Waals surface area contributed by atoms with Crippen molar-refractivity contribution in [3.05, 3.63) is 63.7 Å². The van der Waals surface area contributed by atoms with Crippen molar-refractivity contribution in [1.82, 2.24) is 0 Å². The predicted molar refractivity (Wildman–Crippen MR) is 79.2 cm³/mol. The molecule has 0 atom stereocenters. The number of aromatic hydroxyl groups is 1. The van der Waals surface area contributed by atoms with Crippen LogP contribution >= 0.6 is 0 Å². The highest BCUT2D eigenvalue weighted by atomic mass is 16.6. The van der Waals surface area contributed by atoms with E-state index >= 15 is 0 Å². The topological polar surface area (TPSA) is 110 Å². The Hall–Kier alpha value is -3.22. The van der Waals surface area contributed by atoms with E-state index in [1.165, 1.54) is 49.4 Å². The Bertz CT molecular complexity index is 770. The van der Waals surface area contributed by atoms with Crippen LogP contribution in [0.3, 0.4) is 0 Å². The molecule has 0 saturated carbocycles. The minimum absolute atomic E-state index is 0.0100. The molecule has 0 spiro atoms. The van der Waals surface area contributed by atoms with Crippen LogP contribution < -0.4 is 5.32 Å². The molecule has 0 fully saturated rings. The van der Waals surface area contributed by atoms with Gasteiger partial charge < -0.3 is 10.4 Å². The van der Waals surface area contributed by atoms with E-state index in [2.05, 4.69) is 5.32 Å². The van der Waals surface area contributed by atoms with Crippen molar-refractivity contribution in [2.24, 2.45) is 0 Å². The van der Waals surface area contributed by atoms with Gasteiger partial charge in [0.05, 0.1) is 16.2 Å². The molecule has 2 rings (SSSR count). The number of phenols is 1. The summed E-state index contributed by atoms with van der Waals surface area (Å²) in [7, 11) is 0. The third-order valence-corrected chi connectivity index (χ3v) is 3.01. The van der Waals surface area contributed by atoms with Gasteiger partial charge in [-0.25, -0.2) is 0 Å². The summed E-state index contributed by atoms with van der Waals surface area (Å²) in [5, 5.41) is 23.3. The average Bonchev–Trinajstić information content (AvgIpc) is 2.49. The second kappa shape index (κ2) is 6.04. The van der Waals surface area contributed by atoms with Gasteiger partial charge in [0.2, 0.25) is 0 Å². The number of benzene rings is 2. The summed E-state index contributed by atoms with van der Waals surface area (Å²) in [6.45, 7) is 1.28. The molecule has 7 nitrogen and oxygen atoms in total. The molecule has 0 bridgehead atoms. The molecule has 0 saturated heterocycles. The third-order valence-electron chi connectivity index (χ3n) is 3.01. The Balaban J connectivity index is 2.37. The van der Waals surface area contributed by atoms with Crippen LogP contribution in [0.5, 0.6) is 5.75 Å². The van der Waals surface area contributed by atoms with Crippen molar-refractivity contribution in [3.8, 4) is 5.75 Å². The number of nitrogens with zero attached hydrogens (tertiary/aromatic N) is 1. The van der Waals surface area contributed by atoms with Crippen LogP contribution in [-0.2, 0) is 0 Å². The standard InChI is InChI=1S/C15H12N2O5/c1-9(18)10-6-4-7-12(14(10)19)16-15(20)11-5-2-3-8-13(11)17(21)22/h2-8,19H,1H3,(H,16,20). The van der Waals surface area contributed by atoms with Gasteiger partial charge in [-0.1, -0.05) is 18.2 Å². The van der Waals surface area contributed by atoms with Crippen molar-refractivity contribution in [2.45, 2.75) is 6.92 Å². The van der Waals surface area contributed by atoms with Crippen LogP contribution in [0.15, 0.2) is 42.5 Å². The lowest BCUT2D eigenvalue weighted by Crippen LogP contribution is -2.14. The molecule has 0 aliphatic carbocycles. The van der Waals surface area contributed by atoms with Gasteiger partial charge in [0.15, 0.2) is 5.78 Å². The largest absolute Gasteiger partial charge is 0.505 e. The fourth-order valence-corrected chi connectivity index (χ4v) is 1.94. The second-order valence-electron chi connectivity index (χ2n) is 4.49. The van der Waals surface area contributed by atoms with Gasteiger partial charge in [0.1, 0.15) is 11.3 Å². The molecule has 0 radical (unpaired) electrons. The first-order valence-electron chi connectivity index (χ1n) is 6.29. The van der Waals surface area contributed by atoms with Crippen molar-refractivity contribution >= 4 is 23.1 Å². The van der Waals surface area contributed by atoms with Crippen LogP contribution in [0.1, 0.15) is 27.6 Å². The number of para-hydroxylation sites is 2. The van der Waals surface area contributed by atoms with Gasteiger partial charge >= 0.3 is 0 Å². The molecule has 0 aromatic heterocycles. The number of rotatable bonds is 4. The molecule has 22 heavy (non-hydrogen) atoms. The first-order valence-corrected chi connectivity index (χ1v) is 6.29. The van der Waals surface area contributed by atoms with E-state index < -0.39 is 10.8 Å². The van der Waals surface area contributed by atoms with Crippen LogP contribution in [-0.4, -0.2) is 21.7 Å². The van der Waals surface area contributed by atoms with E-state index in [-0.39, 0.29) is 34.0 Å². The number of anilines is 1. The Labute approximate surface area is 125 Å². The van der Waals surface area contributed by atoms with Crippen LogP contribution in [0, 0.1) is 10.1 Å². The number of phenolic OH excluding ortho intramolecular Hbond substituents is 1. The maximum Gasteiger partial charge on any atom is 0.282 e. The molecule has 7 heteroatoms. The van der Waals surface area contributed by atoms with E-state index in [0.717, 1.165) is 0 Å². The summed E-state index contributed by atoms with van der Waals surface area (Å²) in [5.41, 5.74) is -0.418. The Kier molecular flexibility index (Phi) is 4.17. The number of carbonyl (C=O) groups is 2. The van der Waals surface area contributed by atoms with Gasteiger partial charge in [0.25, 0.3) is 11.6 Å². The zero-order valence-electron chi connectivity index (χ0n) is 11.6. The van der Waals surface area contributed by atoms with E-state index in [1.54, 1.807) is 0 Å². The Morgan fingerprint density at radius 3 is 2.36 bits per heavy atom. The normalized spacial score (nSPS) is 10.0. The molecule has 0 aliphatic rings. The Morgan fingerprint density at radius 1 is 1.09 bits per heavy atom. The summed E-state index contributed by atoms with van der Waals surface area (Å²) < 4.78 is 0. The predicted octanol–water partition coefficient (Wildman–Crippen LogP) is 2.76. The number of ketones is 1. The summed E-state index contributed by atoms with van der Waals surface area (Å²) in [6, 6.07) is 9.76. The number of hydrogen-bond acceptors (Lipinski definition) is 5. The number of nitro benzene ring substituents is 1. The van der Waals surface area contributed by atoms with Crippen LogP contribution in [0.4, 0.5) is 11.4 Å². The number of carbonyl (C=O) groups excluding carboxylic acids is 2. The molecular formula is C15H12N2O5. The first kappa shape index (κ1) is 15.2. The van der Waals surface area contributed by atoms with Crippen molar-refractivity contribution in [1.29, 1.82) is 0 Å². The van der Waals surface area contributed by atoms with Gasteiger partial charge in [-0.15, -0.1) is 0 Å². The summed E-state index contributed by atoms with van der Waals surface area (Å²) in [5.74, 6) is -1.48. The summed E-state index contributed by atoms with van der Waals surface area (Å²) in [6.07, 6.45) is 0. The molecule has 0 unspecified atom stereocenters. The van der Waals surface area contributed by atoms with E-state index in [0.29, 0.717) is 0 Å². The lowest BCUT2D eigenvalue weighted by atomic mass is 10.1. The maximum atomic E-state index is 12.2. The van der Waals surface area contributed by atoms with E-state index in [9.17, 15) is 24.8 Å². The minimum Gasteiger partial charge on any atom is -0.505 e. The number of hydrogen-bond donors (Lipinski definition) is 2. The fourth-order valence-electron chi connectivity index (χ4n) is 1.94. The maximum absolute atomic E-state index is 12.2. The average molecular weight is 300 g/mol. The highest BCUT2D eigenvalue weighted by Gasteiger charge is 2.20. The minimum atomic E-state index is -0.747. The highest BCUT2D eigenvalue weighted by molar-refractivity contribution is 6.09. The molecule has 1 amide bonds. The van der Waals surface area contributed by atoms with Gasteiger partial charge in [-0.2, -0.15) is 0 Å². The molecule has 112 valence electrons. The number of nitro groups is 1. The van der Waals surface area contributed by atoms with E-state index in [1.807, 2.05) is 0 Å². The third kappa shape index (κ3) is 2.93. The van der Waals surface area contributed by atoms with Crippen molar-refractivity contribution in [3.63, 3.8) is 0 Å². The smallest absolute Gasteiger partial charge is 0.282 e. The molecule has 2 aromatic rings. The van der Waals surface area contributed by atoms with Gasteiger partial charge in [-0.05, 0) is 25.1 Å². The van der Waals surface area contributed by atoms with Crippen molar-refractivity contribution < 1.29 is 19.6 Å². The van der Waals surface area contributed by atoms with Gasteiger partial charge in [0, 0.05) is 6.07 Å². The first-order chi connectivity index (χ1) is 10.4. The second-order valence-corrected chi connectivity index (χ2v) is 4.49. The van der Waals surface area contributed by atoms with Crippen LogP contribution in [0.2, 0.25) is 0 Å². The zero-order chi connectivity index (χ0) is 16.3. The Morgan fingerprint density at radius 2 is 1.73 bits per heavy atom. The highest BCUT2D eigenvalue weighted by Crippen LogP contribution is 2.29. The fraction of sp³-hybridized carbons (Fsp3) is 0.0667. The molecule has 0 aliphatic heterocycles. The number of nitrogens with one attached hydrogen (secondary N) is 1. The van der Waals surface area contributed by atoms with Gasteiger partial charge in [-0.3, -0.25) is 19.7 Å². The van der Waals surface area contributed by atoms with E-state index in [4.69, 9.17) is 0 Å². The molecule has 2 aromatic carbocycles. The lowest BCUT2D eigenvalue weighted by molar-refractivity contribution is -0.385. The molecule has 2 N–H and O–H groups in total.